The summed E-state index contributed by atoms with van der Waals surface area (Å²) in [6.45, 7) is 1.23. The van der Waals surface area contributed by atoms with E-state index in [4.69, 9.17) is 14.6 Å². The van der Waals surface area contributed by atoms with Gasteiger partial charge in [0.2, 0.25) is 10.0 Å². The number of fused-ring (bicyclic) bond motifs is 1. The highest BCUT2D eigenvalue weighted by atomic mass is 32.2. The molecule has 1 aromatic carbocycles. The number of rotatable bonds is 3. The third-order valence-corrected chi connectivity index (χ3v) is 5.72. The van der Waals surface area contributed by atoms with Gasteiger partial charge >= 0.3 is 5.97 Å². The van der Waals surface area contributed by atoms with Crippen LogP contribution in [0.25, 0.3) is 0 Å². The summed E-state index contributed by atoms with van der Waals surface area (Å²) < 4.78 is 37.4. The molecule has 2 heterocycles. The van der Waals surface area contributed by atoms with E-state index in [1.165, 1.54) is 16.4 Å². The fourth-order valence-electron chi connectivity index (χ4n) is 2.60. The first-order valence-corrected chi connectivity index (χ1v) is 8.55. The zero-order valence-electron chi connectivity index (χ0n) is 11.9. The summed E-state index contributed by atoms with van der Waals surface area (Å²) in [6, 6.07) is 4.50. The van der Waals surface area contributed by atoms with Crippen molar-refractivity contribution in [3.05, 3.63) is 18.2 Å². The average molecular weight is 327 g/mol. The van der Waals surface area contributed by atoms with E-state index in [1.54, 1.807) is 6.07 Å². The average Bonchev–Trinajstić information content (AvgIpc) is 2.88. The molecule has 1 aromatic rings. The van der Waals surface area contributed by atoms with Crippen molar-refractivity contribution in [2.24, 2.45) is 5.92 Å². The van der Waals surface area contributed by atoms with Gasteiger partial charge < -0.3 is 14.6 Å². The van der Waals surface area contributed by atoms with Crippen LogP contribution in [-0.4, -0.2) is 50.1 Å². The van der Waals surface area contributed by atoms with E-state index in [2.05, 4.69) is 0 Å². The molecule has 1 atom stereocenters. The maximum Gasteiger partial charge on any atom is 0.307 e. The van der Waals surface area contributed by atoms with Crippen LogP contribution in [-0.2, 0) is 14.8 Å². The molecule has 1 fully saturated rings. The number of carboxylic acids is 1. The predicted octanol–water partition coefficient (Wildman–Crippen LogP) is 0.943. The van der Waals surface area contributed by atoms with Crippen LogP contribution < -0.4 is 9.47 Å². The Bertz CT molecular complexity index is 687. The fourth-order valence-corrected chi connectivity index (χ4v) is 4.12. The molecule has 0 aromatic heterocycles. The fraction of sp³-hybridized carbons (Fsp3) is 0.500. The maximum atomic E-state index is 12.6. The molecule has 0 saturated carbocycles. The van der Waals surface area contributed by atoms with E-state index in [-0.39, 0.29) is 18.0 Å². The van der Waals surface area contributed by atoms with Crippen LogP contribution in [0.4, 0.5) is 0 Å². The first-order chi connectivity index (χ1) is 10.5. The Morgan fingerprint density at radius 2 is 1.95 bits per heavy atom. The van der Waals surface area contributed by atoms with Gasteiger partial charge in [0.25, 0.3) is 0 Å². The molecule has 0 bridgehead atoms. The Balaban J connectivity index is 1.87. The van der Waals surface area contributed by atoms with Crippen molar-refractivity contribution >= 4 is 16.0 Å². The zero-order valence-corrected chi connectivity index (χ0v) is 12.7. The second-order valence-electron chi connectivity index (χ2n) is 5.35. The van der Waals surface area contributed by atoms with E-state index < -0.39 is 21.9 Å². The van der Waals surface area contributed by atoms with Crippen molar-refractivity contribution in [1.29, 1.82) is 0 Å². The van der Waals surface area contributed by atoms with Gasteiger partial charge in [-0.25, -0.2) is 8.42 Å². The minimum absolute atomic E-state index is 0.00606. The highest BCUT2D eigenvalue weighted by Crippen LogP contribution is 2.34. The van der Waals surface area contributed by atoms with Gasteiger partial charge in [0.15, 0.2) is 11.5 Å². The number of carboxylic acid groups (broad SMARTS) is 1. The third-order valence-electron chi connectivity index (χ3n) is 3.86. The topological polar surface area (TPSA) is 93.1 Å². The summed E-state index contributed by atoms with van der Waals surface area (Å²) >= 11 is 0. The number of hydrogen-bond donors (Lipinski definition) is 1. The van der Waals surface area contributed by atoms with Crippen LogP contribution in [0.1, 0.15) is 12.8 Å². The molecule has 2 aliphatic rings. The number of hydrogen-bond acceptors (Lipinski definition) is 5. The van der Waals surface area contributed by atoms with Crippen molar-refractivity contribution < 1.29 is 27.8 Å². The van der Waals surface area contributed by atoms with E-state index in [1.807, 2.05) is 0 Å². The number of carbonyl (C=O) groups is 1. The lowest BCUT2D eigenvalue weighted by Crippen LogP contribution is -2.30. The van der Waals surface area contributed by atoms with Gasteiger partial charge in [-0.2, -0.15) is 4.31 Å². The van der Waals surface area contributed by atoms with Gasteiger partial charge in [0.05, 0.1) is 24.0 Å². The van der Waals surface area contributed by atoms with E-state index in [9.17, 15) is 13.2 Å². The first kappa shape index (κ1) is 15.1. The van der Waals surface area contributed by atoms with Gasteiger partial charge in [-0.15, -0.1) is 0 Å². The molecule has 0 spiro atoms. The van der Waals surface area contributed by atoms with Crippen LogP contribution in [0, 0.1) is 5.92 Å². The van der Waals surface area contributed by atoms with Gasteiger partial charge in [0.1, 0.15) is 0 Å². The molecule has 2 aliphatic heterocycles. The highest BCUT2D eigenvalue weighted by Gasteiger charge is 2.36. The molecule has 1 unspecified atom stereocenters. The number of ether oxygens (including phenoxy) is 2. The number of aliphatic carboxylic acids is 1. The van der Waals surface area contributed by atoms with Gasteiger partial charge in [-0.1, -0.05) is 0 Å². The second-order valence-corrected chi connectivity index (χ2v) is 7.28. The van der Waals surface area contributed by atoms with Crippen molar-refractivity contribution in [1.82, 2.24) is 4.31 Å². The molecule has 120 valence electrons. The molecule has 1 saturated heterocycles. The maximum absolute atomic E-state index is 12.6. The molecule has 0 amide bonds. The third kappa shape index (κ3) is 2.76. The Morgan fingerprint density at radius 3 is 2.64 bits per heavy atom. The normalized spacial score (nSPS) is 22.3. The van der Waals surface area contributed by atoms with Crippen molar-refractivity contribution in [2.45, 2.75) is 17.7 Å². The standard InChI is InChI=1S/C14H17NO6S/c16-14(17)10-4-5-15(9-10)22(18,19)11-2-3-12-13(8-11)21-7-1-6-20-12/h2-3,8,10H,1,4-7,9H2,(H,16,17). The van der Waals surface area contributed by atoms with Gasteiger partial charge in [0, 0.05) is 25.6 Å². The molecule has 0 aliphatic carbocycles. The molecular weight excluding hydrogens is 310 g/mol. The summed E-state index contributed by atoms with van der Waals surface area (Å²) in [5.74, 6) is -0.666. The van der Waals surface area contributed by atoms with E-state index in [0.29, 0.717) is 31.1 Å². The SMILES string of the molecule is O=C(O)C1CCN(S(=O)(=O)c2ccc3c(c2)OCCCO3)C1. The molecular formula is C14H17NO6S. The molecule has 8 heteroatoms. The summed E-state index contributed by atoms with van der Waals surface area (Å²) in [5.41, 5.74) is 0. The minimum Gasteiger partial charge on any atom is -0.490 e. The Hall–Kier alpha value is -1.80. The molecule has 22 heavy (non-hydrogen) atoms. The smallest absolute Gasteiger partial charge is 0.307 e. The molecule has 1 N–H and O–H groups in total. The van der Waals surface area contributed by atoms with Crippen molar-refractivity contribution in [3.8, 4) is 11.5 Å². The van der Waals surface area contributed by atoms with Crippen molar-refractivity contribution in [2.75, 3.05) is 26.3 Å². The monoisotopic (exact) mass is 327 g/mol. The lowest BCUT2D eigenvalue weighted by atomic mass is 10.1. The van der Waals surface area contributed by atoms with Crippen LogP contribution in [0.3, 0.4) is 0 Å². The lowest BCUT2D eigenvalue weighted by molar-refractivity contribution is -0.141. The quantitative estimate of drug-likeness (QED) is 0.888. The van der Waals surface area contributed by atoms with Gasteiger partial charge in [-0.05, 0) is 18.6 Å². The molecule has 7 nitrogen and oxygen atoms in total. The van der Waals surface area contributed by atoms with Gasteiger partial charge in [-0.3, -0.25) is 4.79 Å². The molecule has 0 radical (unpaired) electrons. The second kappa shape index (κ2) is 5.77. The van der Waals surface area contributed by atoms with Crippen molar-refractivity contribution in [3.63, 3.8) is 0 Å². The summed E-state index contributed by atoms with van der Waals surface area (Å²) in [6.07, 6.45) is 1.07. The van der Waals surface area contributed by atoms with E-state index >= 15 is 0 Å². The number of nitrogens with zero attached hydrogens (tertiary/aromatic N) is 1. The predicted molar refractivity (Wildman–Crippen MR) is 76.6 cm³/mol. The van der Waals surface area contributed by atoms with Crippen LogP contribution in [0.5, 0.6) is 11.5 Å². The summed E-state index contributed by atoms with van der Waals surface area (Å²) in [7, 11) is -3.72. The van der Waals surface area contributed by atoms with Crippen LogP contribution in [0.15, 0.2) is 23.1 Å². The Kier molecular flexibility index (Phi) is 3.96. The first-order valence-electron chi connectivity index (χ1n) is 7.11. The number of sulfonamides is 1. The number of benzene rings is 1. The lowest BCUT2D eigenvalue weighted by Gasteiger charge is -2.17. The summed E-state index contributed by atoms with van der Waals surface area (Å²) in [5, 5.41) is 9.00. The Morgan fingerprint density at radius 1 is 1.23 bits per heavy atom. The zero-order chi connectivity index (χ0) is 15.7. The van der Waals surface area contributed by atoms with Crippen LogP contribution in [0.2, 0.25) is 0 Å². The largest absolute Gasteiger partial charge is 0.490 e. The Labute approximate surface area is 128 Å². The molecule has 3 rings (SSSR count). The highest BCUT2D eigenvalue weighted by molar-refractivity contribution is 7.89. The van der Waals surface area contributed by atoms with E-state index in [0.717, 1.165) is 6.42 Å². The van der Waals surface area contributed by atoms with Crippen LogP contribution >= 0.6 is 0 Å². The summed E-state index contributed by atoms with van der Waals surface area (Å²) in [4.78, 5) is 11.1. The minimum atomic E-state index is -3.72.